The van der Waals surface area contributed by atoms with Crippen molar-refractivity contribution in [1.82, 2.24) is 5.32 Å². The van der Waals surface area contributed by atoms with E-state index in [-0.39, 0.29) is 0 Å². The van der Waals surface area contributed by atoms with Crippen molar-refractivity contribution < 1.29 is 0 Å². The zero-order chi connectivity index (χ0) is 11.3. The van der Waals surface area contributed by atoms with E-state index in [1.54, 1.807) is 0 Å². The van der Waals surface area contributed by atoms with Gasteiger partial charge in [0.2, 0.25) is 0 Å². The van der Waals surface area contributed by atoms with Gasteiger partial charge >= 0.3 is 0 Å². The standard InChI is InChI=1S/C12H15BrClN/c1-3-9(8-15-2)6-10-4-5-11(14)7-12(10)13/h4-7,15H,3,8H2,1-2H3/b9-6-. The second-order valence-corrected chi connectivity index (χ2v) is 4.64. The Morgan fingerprint density at radius 1 is 1.53 bits per heavy atom. The summed E-state index contributed by atoms with van der Waals surface area (Å²) in [4.78, 5) is 0. The third-order valence-electron chi connectivity index (χ3n) is 2.18. The van der Waals surface area contributed by atoms with Crippen molar-refractivity contribution >= 4 is 33.6 Å². The van der Waals surface area contributed by atoms with E-state index in [0.29, 0.717) is 0 Å². The van der Waals surface area contributed by atoms with Gasteiger partial charge in [0, 0.05) is 16.0 Å². The molecule has 0 amide bonds. The van der Waals surface area contributed by atoms with Gasteiger partial charge in [-0.2, -0.15) is 0 Å². The summed E-state index contributed by atoms with van der Waals surface area (Å²) in [5.74, 6) is 0. The maximum absolute atomic E-state index is 5.89. The topological polar surface area (TPSA) is 12.0 Å². The summed E-state index contributed by atoms with van der Waals surface area (Å²) in [7, 11) is 1.96. The van der Waals surface area contributed by atoms with Gasteiger partial charge in [0.15, 0.2) is 0 Å². The first-order valence-corrected chi connectivity index (χ1v) is 6.13. The summed E-state index contributed by atoms with van der Waals surface area (Å²) in [5.41, 5.74) is 2.55. The maximum atomic E-state index is 5.89. The summed E-state index contributed by atoms with van der Waals surface area (Å²) in [6, 6.07) is 5.85. The van der Waals surface area contributed by atoms with Gasteiger partial charge in [-0.25, -0.2) is 0 Å². The molecule has 0 saturated heterocycles. The van der Waals surface area contributed by atoms with Crippen LogP contribution >= 0.6 is 27.5 Å². The second-order valence-electron chi connectivity index (χ2n) is 3.35. The number of likely N-dealkylation sites (N-methyl/N-ethyl adjacent to an activating group) is 1. The Hall–Kier alpha value is -0.310. The molecule has 0 aromatic heterocycles. The maximum Gasteiger partial charge on any atom is 0.0417 e. The highest BCUT2D eigenvalue weighted by molar-refractivity contribution is 9.10. The Bertz CT molecular complexity index is 361. The summed E-state index contributed by atoms with van der Waals surface area (Å²) in [5, 5.41) is 3.92. The zero-order valence-electron chi connectivity index (χ0n) is 8.98. The van der Waals surface area contributed by atoms with Crippen LogP contribution < -0.4 is 5.32 Å². The smallest absolute Gasteiger partial charge is 0.0417 e. The van der Waals surface area contributed by atoms with Crippen LogP contribution in [0.15, 0.2) is 28.2 Å². The van der Waals surface area contributed by atoms with Crippen LogP contribution in [0.5, 0.6) is 0 Å². The van der Waals surface area contributed by atoms with Crippen LogP contribution in [0.25, 0.3) is 6.08 Å². The average Bonchev–Trinajstić information content (AvgIpc) is 2.21. The molecule has 0 atom stereocenters. The normalized spacial score (nSPS) is 11.9. The van der Waals surface area contributed by atoms with Gasteiger partial charge in [0.1, 0.15) is 0 Å². The monoisotopic (exact) mass is 287 g/mol. The number of hydrogen-bond acceptors (Lipinski definition) is 1. The first kappa shape index (κ1) is 12.8. The molecule has 1 aromatic carbocycles. The summed E-state index contributed by atoms with van der Waals surface area (Å²) >= 11 is 9.39. The quantitative estimate of drug-likeness (QED) is 0.879. The fourth-order valence-electron chi connectivity index (χ4n) is 1.34. The molecule has 1 N–H and O–H groups in total. The highest BCUT2D eigenvalue weighted by Crippen LogP contribution is 2.23. The molecule has 0 heterocycles. The molecule has 82 valence electrons. The molecule has 0 radical (unpaired) electrons. The second kappa shape index (κ2) is 6.31. The number of nitrogens with one attached hydrogen (secondary N) is 1. The number of halogens is 2. The molecule has 0 aliphatic carbocycles. The van der Waals surface area contributed by atoms with E-state index in [1.165, 1.54) is 11.1 Å². The van der Waals surface area contributed by atoms with Crippen molar-refractivity contribution in [2.24, 2.45) is 0 Å². The lowest BCUT2D eigenvalue weighted by Gasteiger charge is -2.05. The molecule has 15 heavy (non-hydrogen) atoms. The van der Waals surface area contributed by atoms with Gasteiger partial charge < -0.3 is 5.32 Å². The van der Waals surface area contributed by atoms with Gasteiger partial charge in [-0.05, 0) is 31.2 Å². The van der Waals surface area contributed by atoms with Crippen LogP contribution in [-0.2, 0) is 0 Å². The molecule has 0 saturated carbocycles. The first-order chi connectivity index (χ1) is 7.17. The molecule has 0 spiro atoms. The van der Waals surface area contributed by atoms with E-state index in [2.05, 4.69) is 34.2 Å². The van der Waals surface area contributed by atoms with Gasteiger partial charge in [0.05, 0.1) is 0 Å². The molecule has 0 fully saturated rings. The summed E-state index contributed by atoms with van der Waals surface area (Å²) in [6.07, 6.45) is 3.24. The molecule has 0 aliphatic heterocycles. The molecular weight excluding hydrogens is 273 g/mol. The van der Waals surface area contributed by atoms with Gasteiger partial charge in [-0.1, -0.05) is 52.2 Å². The molecule has 1 aromatic rings. The predicted molar refractivity (Wildman–Crippen MR) is 71.3 cm³/mol. The minimum absolute atomic E-state index is 0.755. The van der Waals surface area contributed by atoms with Gasteiger partial charge in [0.25, 0.3) is 0 Å². The lowest BCUT2D eigenvalue weighted by molar-refractivity contribution is 0.851. The lowest BCUT2D eigenvalue weighted by atomic mass is 10.1. The third-order valence-corrected chi connectivity index (χ3v) is 3.10. The summed E-state index contributed by atoms with van der Waals surface area (Å²) < 4.78 is 1.04. The van der Waals surface area contributed by atoms with Crippen molar-refractivity contribution in [1.29, 1.82) is 0 Å². The number of benzene rings is 1. The van der Waals surface area contributed by atoms with Crippen LogP contribution in [0.3, 0.4) is 0 Å². The summed E-state index contributed by atoms with van der Waals surface area (Å²) in [6.45, 7) is 3.08. The fourth-order valence-corrected chi connectivity index (χ4v) is 2.14. The van der Waals surface area contributed by atoms with E-state index < -0.39 is 0 Å². The average molecular weight is 289 g/mol. The highest BCUT2D eigenvalue weighted by Gasteiger charge is 1.99. The van der Waals surface area contributed by atoms with E-state index in [1.807, 2.05) is 25.2 Å². The molecule has 0 aliphatic rings. The molecule has 0 unspecified atom stereocenters. The Morgan fingerprint density at radius 2 is 2.27 bits per heavy atom. The highest BCUT2D eigenvalue weighted by atomic mass is 79.9. The van der Waals surface area contributed by atoms with Crippen LogP contribution in [0, 0.1) is 0 Å². The number of rotatable bonds is 4. The first-order valence-electron chi connectivity index (χ1n) is 4.96. The largest absolute Gasteiger partial charge is 0.316 e. The van der Waals surface area contributed by atoms with Crippen molar-refractivity contribution in [3.63, 3.8) is 0 Å². The van der Waals surface area contributed by atoms with Crippen LogP contribution in [0.4, 0.5) is 0 Å². The fraction of sp³-hybridized carbons (Fsp3) is 0.333. The predicted octanol–water partition coefficient (Wildman–Crippen LogP) is 4.12. The van der Waals surface area contributed by atoms with E-state index in [0.717, 1.165) is 22.5 Å². The van der Waals surface area contributed by atoms with Crippen LogP contribution in [0.1, 0.15) is 18.9 Å². The van der Waals surface area contributed by atoms with E-state index in [4.69, 9.17) is 11.6 Å². The van der Waals surface area contributed by atoms with Gasteiger partial charge in [-0.15, -0.1) is 0 Å². The van der Waals surface area contributed by atoms with E-state index in [9.17, 15) is 0 Å². The van der Waals surface area contributed by atoms with Crippen molar-refractivity contribution in [3.8, 4) is 0 Å². The van der Waals surface area contributed by atoms with Crippen molar-refractivity contribution in [3.05, 3.63) is 38.8 Å². The minimum atomic E-state index is 0.755. The third kappa shape index (κ3) is 3.98. The Kier molecular flexibility index (Phi) is 5.37. The molecule has 3 heteroatoms. The number of hydrogen-bond donors (Lipinski definition) is 1. The van der Waals surface area contributed by atoms with Crippen molar-refractivity contribution in [2.75, 3.05) is 13.6 Å². The molecular formula is C12H15BrClN. The molecule has 1 nitrogen and oxygen atoms in total. The Balaban J connectivity index is 2.95. The molecule has 1 rings (SSSR count). The SMILES string of the molecule is CC/C(=C/c1ccc(Cl)cc1Br)CNC. The van der Waals surface area contributed by atoms with Crippen LogP contribution in [0.2, 0.25) is 5.02 Å². The minimum Gasteiger partial charge on any atom is -0.316 e. The van der Waals surface area contributed by atoms with Crippen LogP contribution in [-0.4, -0.2) is 13.6 Å². The van der Waals surface area contributed by atoms with Gasteiger partial charge in [-0.3, -0.25) is 0 Å². The molecule has 0 bridgehead atoms. The zero-order valence-corrected chi connectivity index (χ0v) is 11.3. The Morgan fingerprint density at radius 3 is 2.80 bits per heavy atom. The Labute approximate surface area is 105 Å². The van der Waals surface area contributed by atoms with Crippen molar-refractivity contribution in [2.45, 2.75) is 13.3 Å². The lowest BCUT2D eigenvalue weighted by Crippen LogP contribution is -2.09. The van der Waals surface area contributed by atoms with E-state index >= 15 is 0 Å².